The van der Waals surface area contributed by atoms with E-state index in [1.807, 2.05) is 18.2 Å². The summed E-state index contributed by atoms with van der Waals surface area (Å²) in [6.45, 7) is 0. The summed E-state index contributed by atoms with van der Waals surface area (Å²) in [6, 6.07) is 5.85. The Morgan fingerprint density at radius 2 is 1.92 bits per heavy atom. The van der Waals surface area contributed by atoms with Gasteiger partial charge in [0.2, 0.25) is 0 Å². The van der Waals surface area contributed by atoms with Crippen LogP contribution in [0.3, 0.4) is 0 Å². The number of rotatable bonds is 2. The van der Waals surface area contributed by atoms with Crippen LogP contribution in [-0.4, -0.2) is 20.5 Å². The SMILES string of the molecule is O=C(O)c1sc2nc(-c3ccc4c(c3)CCCC4)cn2c1C(F)(F)F. The standard InChI is InChI=1S/C17H13F3N2O2S/c18-17(19,20)14-13(15(23)24)25-16-21-12(8-22(14)16)11-6-5-9-3-1-2-4-10(9)7-11/h5-8H,1-4H2,(H,23,24). The maximum atomic E-state index is 13.3. The van der Waals surface area contributed by atoms with Gasteiger partial charge in [0.25, 0.3) is 0 Å². The number of aromatic carboxylic acids is 1. The van der Waals surface area contributed by atoms with Crippen LogP contribution < -0.4 is 0 Å². The maximum absolute atomic E-state index is 13.3. The lowest BCUT2D eigenvalue weighted by Gasteiger charge is -2.16. The molecule has 0 atom stereocenters. The van der Waals surface area contributed by atoms with Crippen LogP contribution in [0.2, 0.25) is 0 Å². The van der Waals surface area contributed by atoms with Gasteiger partial charge in [0.1, 0.15) is 4.88 Å². The van der Waals surface area contributed by atoms with Crippen LogP contribution in [0.25, 0.3) is 16.2 Å². The highest BCUT2D eigenvalue weighted by Gasteiger charge is 2.40. The van der Waals surface area contributed by atoms with E-state index in [-0.39, 0.29) is 4.96 Å². The van der Waals surface area contributed by atoms with Crippen molar-refractivity contribution in [2.45, 2.75) is 31.9 Å². The zero-order valence-electron chi connectivity index (χ0n) is 12.9. The topological polar surface area (TPSA) is 54.6 Å². The van der Waals surface area contributed by atoms with Crippen LogP contribution in [-0.2, 0) is 19.0 Å². The molecule has 0 spiro atoms. The Morgan fingerprint density at radius 3 is 2.60 bits per heavy atom. The molecule has 0 unspecified atom stereocenters. The molecule has 4 rings (SSSR count). The first-order valence-corrected chi connectivity index (χ1v) is 8.61. The van der Waals surface area contributed by atoms with E-state index in [2.05, 4.69) is 4.98 Å². The van der Waals surface area contributed by atoms with Crippen molar-refractivity contribution < 1.29 is 23.1 Å². The van der Waals surface area contributed by atoms with Gasteiger partial charge in [-0.05, 0) is 42.9 Å². The third-order valence-corrected chi connectivity index (χ3v) is 5.47. The van der Waals surface area contributed by atoms with Crippen molar-refractivity contribution in [2.75, 3.05) is 0 Å². The Bertz CT molecular complexity index is 988. The largest absolute Gasteiger partial charge is 0.477 e. The van der Waals surface area contributed by atoms with Gasteiger partial charge < -0.3 is 5.11 Å². The molecule has 0 amide bonds. The Balaban J connectivity index is 1.85. The van der Waals surface area contributed by atoms with E-state index in [0.717, 1.165) is 35.6 Å². The van der Waals surface area contributed by atoms with Crippen molar-refractivity contribution in [3.05, 3.63) is 46.1 Å². The van der Waals surface area contributed by atoms with Crippen molar-refractivity contribution in [3.8, 4) is 11.3 Å². The molecule has 2 heterocycles. The molecule has 25 heavy (non-hydrogen) atoms. The fourth-order valence-electron chi connectivity index (χ4n) is 3.29. The third kappa shape index (κ3) is 2.70. The van der Waals surface area contributed by atoms with E-state index in [9.17, 15) is 18.0 Å². The average molecular weight is 366 g/mol. The average Bonchev–Trinajstić information content (AvgIpc) is 3.11. The predicted octanol–water partition coefficient (Wildman–Crippen LogP) is 4.66. The molecule has 1 aliphatic carbocycles. The number of fused-ring (bicyclic) bond motifs is 2. The molecule has 0 radical (unpaired) electrons. The van der Waals surface area contributed by atoms with Gasteiger partial charge in [0, 0.05) is 11.8 Å². The minimum atomic E-state index is -4.76. The number of imidazole rings is 1. The lowest BCUT2D eigenvalue weighted by atomic mass is 9.90. The zero-order chi connectivity index (χ0) is 17.8. The molecule has 8 heteroatoms. The predicted molar refractivity (Wildman–Crippen MR) is 87.1 cm³/mol. The molecular formula is C17H13F3N2O2S. The Kier molecular flexibility index (Phi) is 3.61. The number of aromatic nitrogens is 2. The molecule has 0 fully saturated rings. The van der Waals surface area contributed by atoms with Crippen molar-refractivity contribution >= 4 is 22.3 Å². The van der Waals surface area contributed by atoms with E-state index in [0.29, 0.717) is 17.0 Å². The molecule has 0 saturated heterocycles. The van der Waals surface area contributed by atoms with Crippen LogP contribution in [0.4, 0.5) is 13.2 Å². The van der Waals surface area contributed by atoms with Crippen LogP contribution in [0.15, 0.2) is 24.4 Å². The second-order valence-corrected chi connectivity index (χ2v) is 7.03. The summed E-state index contributed by atoms with van der Waals surface area (Å²) in [7, 11) is 0. The molecule has 3 aromatic rings. The Labute approximate surface area is 144 Å². The lowest BCUT2D eigenvalue weighted by Crippen LogP contribution is -2.13. The molecular weight excluding hydrogens is 353 g/mol. The van der Waals surface area contributed by atoms with Crippen molar-refractivity contribution in [2.24, 2.45) is 0 Å². The van der Waals surface area contributed by atoms with Crippen LogP contribution in [0.5, 0.6) is 0 Å². The minimum Gasteiger partial charge on any atom is -0.477 e. The van der Waals surface area contributed by atoms with Gasteiger partial charge in [-0.1, -0.05) is 23.5 Å². The molecule has 0 bridgehead atoms. The number of alkyl halides is 3. The molecule has 1 N–H and O–H groups in total. The first-order chi connectivity index (χ1) is 11.8. The number of carboxylic acids is 1. The first kappa shape index (κ1) is 16.1. The quantitative estimate of drug-likeness (QED) is 0.718. The first-order valence-electron chi connectivity index (χ1n) is 7.79. The molecule has 0 aliphatic heterocycles. The second kappa shape index (κ2) is 5.59. The summed E-state index contributed by atoms with van der Waals surface area (Å²) in [4.78, 5) is 14.6. The summed E-state index contributed by atoms with van der Waals surface area (Å²) < 4.78 is 40.7. The molecule has 2 aromatic heterocycles. The van der Waals surface area contributed by atoms with Gasteiger partial charge in [-0.25, -0.2) is 9.78 Å². The van der Waals surface area contributed by atoms with Gasteiger partial charge in [-0.3, -0.25) is 4.40 Å². The van der Waals surface area contributed by atoms with E-state index >= 15 is 0 Å². The minimum absolute atomic E-state index is 0.0254. The maximum Gasteiger partial charge on any atom is 0.433 e. The van der Waals surface area contributed by atoms with Crippen LogP contribution >= 0.6 is 11.3 Å². The van der Waals surface area contributed by atoms with Gasteiger partial charge in [-0.15, -0.1) is 0 Å². The third-order valence-electron chi connectivity index (χ3n) is 4.43. The number of thiazole rings is 1. The molecule has 0 saturated carbocycles. The normalized spacial score (nSPS) is 14.7. The van der Waals surface area contributed by atoms with E-state index in [1.54, 1.807) is 0 Å². The smallest absolute Gasteiger partial charge is 0.433 e. The molecule has 1 aliphatic rings. The number of hydrogen-bond donors (Lipinski definition) is 1. The number of hydrogen-bond acceptors (Lipinski definition) is 3. The van der Waals surface area contributed by atoms with Crippen molar-refractivity contribution in [1.29, 1.82) is 0 Å². The highest BCUT2D eigenvalue weighted by Crippen LogP contribution is 2.38. The fraction of sp³-hybridized carbons (Fsp3) is 0.294. The molecule has 130 valence electrons. The summed E-state index contributed by atoms with van der Waals surface area (Å²) in [5.41, 5.74) is 2.47. The van der Waals surface area contributed by atoms with Gasteiger partial charge in [0.15, 0.2) is 10.7 Å². The highest BCUT2D eigenvalue weighted by molar-refractivity contribution is 7.19. The Morgan fingerprint density at radius 1 is 1.20 bits per heavy atom. The van der Waals surface area contributed by atoms with E-state index in [4.69, 9.17) is 5.11 Å². The zero-order valence-corrected chi connectivity index (χ0v) is 13.7. The number of aryl methyl sites for hydroxylation is 2. The number of carbonyl (C=O) groups is 1. The van der Waals surface area contributed by atoms with Crippen molar-refractivity contribution in [1.82, 2.24) is 9.38 Å². The molecule has 4 nitrogen and oxygen atoms in total. The monoisotopic (exact) mass is 366 g/mol. The second-order valence-electron chi connectivity index (χ2n) is 6.05. The van der Waals surface area contributed by atoms with Crippen molar-refractivity contribution in [3.63, 3.8) is 0 Å². The van der Waals surface area contributed by atoms with Gasteiger partial charge in [-0.2, -0.15) is 13.2 Å². The Hall–Kier alpha value is -2.35. The van der Waals surface area contributed by atoms with E-state index < -0.39 is 22.7 Å². The van der Waals surface area contributed by atoms with Crippen LogP contribution in [0.1, 0.15) is 39.3 Å². The summed E-state index contributed by atoms with van der Waals surface area (Å²) in [5.74, 6) is -1.60. The number of halogens is 3. The summed E-state index contributed by atoms with van der Waals surface area (Å²) in [5, 5.41) is 9.04. The fourth-order valence-corrected chi connectivity index (χ4v) is 4.25. The van der Waals surface area contributed by atoms with Crippen LogP contribution in [0, 0.1) is 0 Å². The van der Waals surface area contributed by atoms with Gasteiger partial charge >= 0.3 is 12.1 Å². The molecule has 1 aromatic carbocycles. The van der Waals surface area contributed by atoms with Gasteiger partial charge in [0.05, 0.1) is 5.69 Å². The summed E-state index contributed by atoms with van der Waals surface area (Å²) >= 11 is 0.535. The number of carboxylic acid groups (broad SMARTS) is 1. The number of nitrogens with zero attached hydrogens (tertiary/aromatic N) is 2. The highest BCUT2D eigenvalue weighted by atomic mass is 32.1. The summed E-state index contributed by atoms with van der Waals surface area (Å²) in [6.07, 6.45) is 0.746. The number of benzene rings is 1. The lowest BCUT2D eigenvalue weighted by molar-refractivity contribution is -0.142. The van der Waals surface area contributed by atoms with E-state index in [1.165, 1.54) is 17.3 Å².